The molecule has 0 radical (unpaired) electrons. The molecule has 0 atom stereocenters. The molecule has 0 N–H and O–H groups in total. The summed E-state index contributed by atoms with van der Waals surface area (Å²) in [5.74, 6) is 0. The predicted molar refractivity (Wildman–Crippen MR) is 68.4 cm³/mol. The molecule has 0 aliphatic carbocycles. The smallest absolute Gasteiger partial charge is 0.0589 e. The molecular weight excluding hydrogens is 198 g/mol. The van der Waals surface area contributed by atoms with Crippen LogP contribution < -0.4 is 0 Å². The molecule has 0 spiro atoms. The van der Waals surface area contributed by atoms with Crippen LogP contribution in [0.1, 0.15) is 12.5 Å². The molecule has 0 saturated carbocycles. The first-order valence-electron chi connectivity index (χ1n) is 5.62. The topological polar surface area (TPSA) is 12.5 Å². The highest BCUT2D eigenvalue weighted by atomic mass is 16.5. The van der Waals surface area contributed by atoms with Crippen molar-refractivity contribution >= 4 is 0 Å². The second-order valence-electron chi connectivity index (χ2n) is 4.15. The van der Waals surface area contributed by atoms with E-state index in [0.29, 0.717) is 0 Å². The highest BCUT2D eigenvalue weighted by molar-refractivity contribution is 5.14. The Morgan fingerprint density at radius 1 is 1.31 bits per heavy atom. The summed E-state index contributed by atoms with van der Waals surface area (Å²) in [5, 5.41) is 0. The summed E-state index contributed by atoms with van der Waals surface area (Å²) in [6.45, 7) is 9.61. The van der Waals surface area contributed by atoms with E-state index in [-0.39, 0.29) is 0 Å². The van der Waals surface area contributed by atoms with Crippen LogP contribution in [-0.2, 0) is 11.3 Å². The summed E-state index contributed by atoms with van der Waals surface area (Å²) in [6.07, 6.45) is 0. The van der Waals surface area contributed by atoms with E-state index in [1.807, 2.05) is 6.07 Å². The number of hydrogen-bond acceptors (Lipinski definition) is 2. The van der Waals surface area contributed by atoms with E-state index in [9.17, 15) is 0 Å². The third-order valence-electron chi connectivity index (χ3n) is 2.35. The van der Waals surface area contributed by atoms with Crippen LogP contribution in [0.5, 0.6) is 0 Å². The first-order chi connectivity index (χ1) is 7.72. The predicted octanol–water partition coefficient (Wildman–Crippen LogP) is 2.71. The molecule has 1 rings (SSSR count). The lowest BCUT2D eigenvalue weighted by molar-refractivity contribution is 0.149. The number of benzene rings is 1. The summed E-state index contributed by atoms with van der Waals surface area (Å²) in [6, 6.07) is 10.5. The fourth-order valence-electron chi connectivity index (χ4n) is 1.66. The molecule has 0 bridgehead atoms. The minimum Gasteiger partial charge on any atom is -0.383 e. The summed E-state index contributed by atoms with van der Waals surface area (Å²) < 4.78 is 5.12. The van der Waals surface area contributed by atoms with E-state index in [0.717, 1.165) is 26.2 Å². The zero-order chi connectivity index (χ0) is 11.8. The van der Waals surface area contributed by atoms with Gasteiger partial charge in [0.1, 0.15) is 0 Å². The minimum atomic E-state index is 0.764. The van der Waals surface area contributed by atoms with E-state index < -0.39 is 0 Å². The maximum absolute atomic E-state index is 5.12. The Bertz CT molecular complexity index is 308. The number of ether oxygens (including phenoxy) is 1. The average Bonchev–Trinajstić information content (AvgIpc) is 2.26. The number of rotatable bonds is 7. The summed E-state index contributed by atoms with van der Waals surface area (Å²) in [7, 11) is 1.74. The van der Waals surface area contributed by atoms with Crippen molar-refractivity contribution in [3.05, 3.63) is 48.0 Å². The molecule has 0 aromatic heterocycles. The van der Waals surface area contributed by atoms with E-state index in [2.05, 4.69) is 42.7 Å². The van der Waals surface area contributed by atoms with Gasteiger partial charge in [0, 0.05) is 26.7 Å². The maximum atomic E-state index is 5.12. The van der Waals surface area contributed by atoms with Crippen molar-refractivity contribution in [1.82, 2.24) is 4.90 Å². The number of hydrogen-bond donors (Lipinski definition) is 0. The minimum absolute atomic E-state index is 0.764. The van der Waals surface area contributed by atoms with E-state index in [1.54, 1.807) is 7.11 Å². The zero-order valence-corrected chi connectivity index (χ0v) is 10.3. The van der Waals surface area contributed by atoms with Crippen molar-refractivity contribution in [1.29, 1.82) is 0 Å². The Morgan fingerprint density at radius 2 is 2.00 bits per heavy atom. The molecule has 0 heterocycles. The average molecular weight is 219 g/mol. The Kier molecular flexibility index (Phi) is 5.83. The van der Waals surface area contributed by atoms with Crippen molar-refractivity contribution in [2.75, 3.05) is 26.8 Å². The molecule has 0 aliphatic rings. The van der Waals surface area contributed by atoms with Crippen molar-refractivity contribution in [2.45, 2.75) is 13.5 Å². The molecule has 0 amide bonds. The van der Waals surface area contributed by atoms with Crippen LogP contribution in [-0.4, -0.2) is 31.7 Å². The molecule has 0 fully saturated rings. The largest absolute Gasteiger partial charge is 0.383 e. The van der Waals surface area contributed by atoms with Crippen LogP contribution in [0.4, 0.5) is 0 Å². The van der Waals surface area contributed by atoms with Crippen molar-refractivity contribution in [3.63, 3.8) is 0 Å². The molecule has 16 heavy (non-hydrogen) atoms. The van der Waals surface area contributed by atoms with Gasteiger partial charge in [0.05, 0.1) is 6.61 Å². The van der Waals surface area contributed by atoms with E-state index in [4.69, 9.17) is 4.74 Å². The van der Waals surface area contributed by atoms with Gasteiger partial charge in [-0.05, 0) is 12.5 Å². The molecule has 0 aliphatic heterocycles. The Hall–Kier alpha value is -1.12. The fraction of sp³-hybridized carbons (Fsp3) is 0.429. The maximum Gasteiger partial charge on any atom is 0.0589 e. The second kappa shape index (κ2) is 7.20. The Morgan fingerprint density at radius 3 is 2.56 bits per heavy atom. The SMILES string of the molecule is C=C(C)CN(CCOC)Cc1ccccc1. The molecule has 2 heteroatoms. The fourth-order valence-corrected chi connectivity index (χ4v) is 1.66. The van der Waals surface area contributed by atoms with E-state index in [1.165, 1.54) is 11.1 Å². The molecule has 1 aromatic carbocycles. The number of methoxy groups -OCH3 is 1. The Balaban J connectivity index is 2.52. The summed E-state index contributed by atoms with van der Waals surface area (Å²) in [4.78, 5) is 2.35. The standard InChI is InChI=1S/C14H21NO/c1-13(2)11-15(9-10-16-3)12-14-7-5-4-6-8-14/h4-8H,1,9-12H2,2-3H3. The summed E-state index contributed by atoms with van der Waals surface area (Å²) in [5.41, 5.74) is 2.52. The van der Waals surface area contributed by atoms with Crippen molar-refractivity contribution in [3.8, 4) is 0 Å². The van der Waals surface area contributed by atoms with Crippen LogP contribution in [0.15, 0.2) is 42.5 Å². The van der Waals surface area contributed by atoms with Gasteiger partial charge in [0.25, 0.3) is 0 Å². The van der Waals surface area contributed by atoms with Crippen LogP contribution in [0, 0.1) is 0 Å². The molecule has 88 valence electrons. The molecule has 1 aromatic rings. The van der Waals surface area contributed by atoms with Gasteiger partial charge < -0.3 is 4.74 Å². The molecular formula is C14H21NO. The number of nitrogens with zero attached hydrogens (tertiary/aromatic N) is 1. The van der Waals surface area contributed by atoms with Gasteiger partial charge in [-0.1, -0.05) is 42.5 Å². The lowest BCUT2D eigenvalue weighted by Gasteiger charge is -2.22. The van der Waals surface area contributed by atoms with Gasteiger partial charge in [0.15, 0.2) is 0 Å². The van der Waals surface area contributed by atoms with Crippen LogP contribution in [0.3, 0.4) is 0 Å². The lowest BCUT2D eigenvalue weighted by atomic mass is 10.2. The quantitative estimate of drug-likeness (QED) is 0.654. The molecule has 0 saturated heterocycles. The van der Waals surface area contributed by atoms with Crippen molar-refractivity contribution < 1.29 is 4.74 Å². The first kappa shape index (κ1) is 12.9. The zero-order valence-electron chi connectivity index (χ0n) is 10.3. The van der Waals surface area contributed by atoms with Gasteiger partial charge in [-0.15, -0.1) is 0 Å². The van der Waals surface area contributed by atoms with Gasteiger partial charge >= 0.3 is 0 Å². The van der Waals surface area contributed by atoms with Gasteiger partial charge in [-0.3, -0.25) is 4.90 Å². The highest BCUT2D eigenvalue weighted by Crippen LogP contribution is 2.06. The van der Waals surface area contributed by atoms with Crippen LogP contribution in [0.25, 0.3) is 0 Å². The summed E-state index contributed by atoms with van der Waals surface area (Å²) >= 11 is 0. The van der Waals surface area contributed by atoms with Crippen LogP contribution >= 0.6 is 0 Å². The van der Waals surface area contributed by atoms with Gasteiger partial charge in [-0.25, -0.2) is 0 Å². The molecule has 0 unspecified atom stereocenters. The third kappa shape index (κ3) is 5.10. The van der Waals surface area contributed by atoms with Gasteiger partial charge in [0.2, 0.25) is 0 Å². The Labute approximate surface area is 98.5 Å². The normalized spacial score (nSPS) is 10.7. The first-order valence-corrected chi connectivity index (χ1v) is 5.62. The second-order valence-corrected chi connectivity index (χ2v) is 4.15. The van der Waals surface area contributed by atoms with Gasteiger partial charge in [-0.2, -0.15) is 0 Å². The molecule has 2 nitrogen and oxygen atoms in total. The monoisotopic (exact) mass is 219 g/mol. The van der Waals surface area contributed by atoms with E-state index >= 15 is 0 Å². The third-order valence-corrected chi connectivity index (χ3v) is 2.35. The van der Waals surface area contributed by atoms with Crippen LogP contribution in [0.2, 0.25) is 0 Å². The van der Waals surface area contributed by atoms with Crippen molar-refractivity contribution in [2.24, 2.45) is 0 Å². The lowest BCUT2D eigenvalue weighted by Crippen LogP contribution is -2.28. The highest BCUT2D eigenvalue weighted by Gasteiger charge is 2.05.